The van der Waals surface area contributed by atoms with Crippen molar-refractivity contribution in [2.24, 2.45) is 0 Å². The van der Waals surface area contributed by atoms with Crippen LogP contribution in [-0.4, -0.2) is 0 Å². The minimum absolute atomic E-state index is 1.08. The summed E-state index contributed by atoms with van der Waals surface area (Å²) < 4.78 is 0. The molecule has 0 fully saturated rings. The van der Waals surface area contributed by atoms with E-state index in [2.05, 4.69) is 411 Å². The first-order chi connectivity index (χ1) is 47.1. The molecule has 0 aliphatic heterocycles. The van der Waals surface area contributed by atoms with Gasteiger partial charge in [-0.3, -0.25) is 0 Å². The van der Waals surface area contributed by atoms with Crippen LogP contribution >= 0.6 is 0 Å². The fraction of sp³-hybridized carbons (Fsp3) is 0. The van der Waals surface area contributed by atoms with Gasteiger partial charge in [0.25, 0.3) is 0 Å². The summed E-state index contributed by atoms with van der Waals surface area (Å²) >= 11 is 0. The molecule has 0 aromatic heterocycles. The predicted octanol–water partition coefficient (Wildman–Crippen LogP) is 25.6. The third kappa shape index (κ3) is 12.7. The highest BCUT2D eigenvalue weighted by Crippen LogP contribution is 2.47. The Labute approximate surface area is 557 Å². The van der Waals surface area contributed by atoms with Gasteiger partial charge in [0.05, 0.1) is 0 Å². The lowest BCUT2D eigenvalue weighted by Gasteiger charge is -2.26. The van der Waals surface area contributed by atoms with Crippen molar-refractivity contribution in [1.29, 1.82) is 0 Å². The molecule has 0 aliphatic rings. The number of anilines is 3. The van der Waals surface area contributed by atoms with Crippen molar-refractivity contribution in [1.82, 2.24) is 0 Å². The van der Waals surface area contributed by atoms with Crippen LogP contribution in [0.3, 0.4) is 0 Å². The van der Waals surface area contributed by atoms with Crippen molar-refractivity contribution in [3.8, 4) is 22.3 Å². The van der Waals surface area contributed by atoms with E-state index in [1.807, 2.05) is 0 Å². The van der Waals surface area contributed by atoms with E-state index in [1.165, 1.54) is 115 Å². The quantitative estimate of drug-likeness (QED) is 0.0775. The summed E-state index contributed by atoms with van der Waals surface area (Å²) in [5.74, 6) is 0. The Kier molecular flexibility index (Phi) is 17.1. The normalized spacial score (nSPS) is 10.9. The lowest BCUT2D eigenvalue weighted by atomic mass is 9.84. The van der Waals surface area contributed by atoms with Crippen LogP contribution in [0.1, 0.15) is 50.1 Å². The maximum atomic E-state index is 2.34. The van der Waals surface area contributed by atoms with Crippen LogP contribution in [0.5, 0.6) is 0 Å². The Morgan fingerprint density at radius 3 is 0.642 bits per heavy atom. The second-order valence-corrected chi connectivity index (χ2v) is 23.9. The van der Waals surface area contributed by atoms with Crippen LogP contribution in [0.2, 0.25) is 0 Å². The molecule has 0 radical (unpaired) electrons. The molecule has 0 atom stereocenters. The summed E-state index contributed by atoms with van der Waals surface area (Å²) in [5, 5.41) is 10.3. The average Bonchev–Trinajstić information content (AvgIpc) is 0.730. The van der Waals surface area contributed by atoms with E-state index in [0.717, 1.165) is 33.8 Å². The van der Waals surface area contributed by atoms with E-state index < -0.39 is 0 Å². The minimum atomic E-state index is 1.08. The van der Waals surface area contributed by atoms with Crippen molar-refractivity contribution in [3.05, 3.63) is 438 Å². The van der Waals surface area contributed by atoms with Crippen molar-refractivity contribution in [2.75, 3.05) is 4.90 Å². The lowest BCUT2D eigenvalue weighted by Crippen LogP contribution is -2.09. The standard InChI is InChI=1S/C60H45N.C34H22/c1-7-19-49(20-8-1)58(50-21-9-2-10-22-50)43-46-31-37-55(38-32-46)61(56-39-33-47(34-40-56)44-59(51-23-11-3-12-24-51)52-25-13-4-14-26-52)57-41-35-48(36-42-57)45-60(53-27-15-5-16-28-53)54-29-17-6-18-30-54;1-3-15-25-23(11-1)13-9-21-27(25)33-29-17-5-7-19-31(29)34(32-20-8-6-18-30(32)33)28-22-10-14-24-12-2-4-16-26(24)28/h1-45H;1-22H. The number of nitrogens with zero attached hydrogens (tertiary/aromatic N) is 1. The first-order valence-electron chi connectivity index (χ1n) is 32.6. The SMILES string of the molecule is C(=C(c1ccccc1)c1ccccc1)c1ccc(N(c2ccc(C=C(c3ccccc3)c3ccccc3)cc2)c2ccc(C=C(c3ccccc3)c3ccccc3)cc2)cc1.c1ccc2c(-c3c4ccccc4c(-c4cccc5ccccc45)c4ccccc34)cccc2c1. The Bertz CT molecular complexity index is 4730. The van der Waals surface area contributed by atoms with Gasteiger partial charge in [-0.15, -0.1) is 0 Å². The molecule has 16 rings (SSSR count). The predicted molar refractivity (Wildman–Crippen MR) is 408 cm³/mol. The van der Waals surface area contributed by atoms with E-state index in [9.17, 15) is 0 Å². The van der Waals surface area contributed by atoms with Crippen LogP contribution in [0.15, 0.2) is 388 Å². The summed E-state index contributed by atoms with van der Waals surface area (Å²) in [6, 6.07) is 139. The molecule has 0 aliphatic carbocycles. The Hall–Kier alpha value is -12.4. The van der Waals surface area contributed by atoms with Gasteiger partial charge in [0.2, 0.25) is 0 Å². The fourth-order valence-electron chi connectivity index (χ4n) is 13.4. The zero-order valence-electron chi connectivity index (χ0n) is 52.6. The zero-order valence-corrected chi connectivity index (χ0v) is 52.6. The van der Waals surface area contributed by atoms with Crippen molar-refractivity contribution < 1.29 is 0 Å². The summed E-state index contributed by atoms with van der Waals surface area (Å²) in [6.07, 6.45) is 6.86. The Morgan fingerprint density at radius 2 is 0.389 bits per heavy atom. The number of rotatable bonds is 14. The highest BCUT2D eigenvalue weighted by molar-refractivity contribution is 6.25. The van der Waals surface area contributed by atoms with Crippen LogP contribution in [0, 0.1) is 0 Å². The number of hydrogen-bond donors (Lipinski definition) is 0. The van der Waals surface area contributed by atoms with Crippen LogP contribution in [0.4, 0.5) is 17.1 Å². The van der Waals surface area contributed by atoms with Gasteiger partial charge < -0.3 is 4.90 Å². The molecule has 0 N–H and O–H groups in total. The topological polar surface area (TPSA) is 3.24 Å². The summed E-state index contributed by atoms with van der Waals surface area (Å²) in [6.45, 7) is 0. The second kappa shape index (κ2) is 27.6. The van der Waals surface area contributed by atoms with Gasteiger partial charge in [-0.2, -0.15) is 0 Å². The van der Waals surface area contributed by atoms with E-state index in [0.29, 0.717) is 0 Å². The molecule has 0 bridgehead atoms. The number of benzene rings is 16. The first kappa shape index (κ1) is 58.9. The molecule has 95 heavy (non-hydrogen) atoms. The van der Waals surface area contributed by atoms with Gasteiger partial charge in [0.1, 0.15) is 0 Å². The molecule has 0 saturated carbocycles. The van der Waals surface area contributed by atoms with E-state index in [4.69, 9.17) is 0 Å². The van der Waals surface area contributed by atoms with Gasteiger partial charge in [-0.05, 0) is 187 Å². The summed E-state index contributed by atoms with van der Waals surface area (Å²) in [7, 11) is 0. The number of fused-ring (bicyclic) bond motifs is 4. The van der Waals surface area contributed by atoms with Crippen LogP contribution in [0.25, 0.3) is 100 Å². The van der Waals surface area contributed by atoms with Crippen LogP contribution in [-0.2, 0) is 0 Å². The maximum absolute atomic E-state index is 2.34. The van der Waals surface area contributed by atoms with Crippen molar-refractivity contribution in [2.45, 2.75) is 0 Å². The van der Waals surface area contributed by atoms with Gasteiger partial charge in [0, 0.05) is 17.1 Å². The molecular weight excluding hydrogens is 1140 g/mol. The fourth-order valence-corrected chi connectivity index (χ4v) is 13.4. The smallest absolute Gasteiger partial charge is 0.0462 e. The lowest BCUT2D eigenvalue weighted by molar-refractivity contribution is 1.28. The first-order valence-corrected chi connectivity index (χ1v) is 32.6. The molecule has 1 nitrogen and oxygen atoms in total. The molecule has 0 heterocycles. The Morgan fingerprint density at radius 1 is 0.179 bits per heavy atom. The molecule has 0 amide bonds. The summed E-state index contributed by atoms with van der Waals surface area (Å²) in [5.41, 5.74) is 22.5. The molecule has 0 spiro atoms. The summed E-state index contributed by atoms with van der Waals surface area (Å²) in [4.78, 5) is 2.34. The van der Waals surface area contributed by atoms with E-state index in [1.54, 1.807) is 0 Å². The van der Waals surface area contributed by atoms with Crippen molar-refractivity contribution >= 4 is 95.1 Å². The zero-order chi connectivity index (χ0) is 63.5. The third-order valence-electron chi connectivity index (χ3n) is 17.9. The van der Waals surface area contributed by atoms with Crippen LogP contribution < -0.4 is 4.90 Å². The molecular formula is C94H67N. The largest absolute Gasteiger partial charge is 0.311 e. The Balaban J connectivity index is 0.000000183. The molecule has 16 aromatic carbocycles. The van der Waals surface area contributed by atoms with E-state index in [-0.39, 0.29) is 0 Å². The molecule has 448 valence electrons. The highest BCUT2D eigenvalue weighted by Gasteiger charge is 2.20. The van der Waals surface area contributed by atoms with Gasteiger partial charge >= 0.3 is 0 Å². The third-order valence-corrected chi connectivity index (χ3v) is 17.9. The minimum Gasteiger partial charge on any atom is -0.311 e. The van der Waals surface area contributed by atoms with Gasteiger partial charge in [0.15, 0.2) is 0 Å². The van der Waals surface area contributed by atoms with Crippen molar-refractivity contribution in [3.63, 3.8) is 0 Å². The molecule has 16 aromatic rings. The molecule has 0 unspecified atom stereocenters. The maximum Gasteiger partial charge on any atom is 0.0462 e. The second-order valence-electron chi connectivity index (χ2n) is 23.9. The highest BCUT2D eigenvalue weighted by atomic mass is 15.1. The average molecular weight is 1210 g/mol. The van der Waals surface area contributed by atoms with E-state index >= 15 is 0 Å². The van der Waals surface area contributed by atoms with Gasteiger partial charge in [-0.25, -0.2) is 0 Å². The van der Waals surface area contributed by atoms with Gasteiger partial charge in [-0.1, -0.05) is 352 Å². The molecule has 0 saturated heterocycles. The molecule has 1 heteroatoms. The number of hydrogen-bond acceptors (Lipinski definition) is 1. The monoisotopic (exact) mass is 1210 g/mol.